The number of rotatable bonds is 7. The molecule has 0 spiro atoms. The lowest BCUT2D eigenvalue weighted by molar-refractivity contribution is -0.129. The Morgan fingerprint density at radius 3 is 2.60 bits per heavy atom. The summed E-state index contributed by atoms with van der Waals surface area (Å²) < 4.78 is 5.42. The van der Waals surface area contributed by atoms with Gasteiger partial charge in [0.05, 0.1) is 6.54 Å². The first-order chi connectivity index (χ1) is 11.7. The summed E-state index contributed by atoms with van der Waals surface area (Å²) in [5, 5.41) is 3.34. The number of nitrogens with one attached hydrogen (secondary N) is 1. The molecule has 0 saturated carbocycles. The first-order valence-corrected chi connectivity index (χ1v) is 9.55. The van der Waals surface area contributed by atoms with Crippen LogP contribution in [0.3, 0.4) is 0 Å². The number of ether oxygens (including phenoxy) is 1. The van der Waals surface area contributed by atoms with Crippen molar-refractivity contribution in [3.8, 4) is 0 Å². The summed E-state index contributed by atoms with van der Waals surface area (Å²) >= 11 is 0. The molecule has 1 amide bonds. The van der Waals surface area contributed by atoms with Crippen LogP contribution in [0.1, 0.15) is 45.4 Å². The molecular weight excluding hydrogens is 431 g/mol. The highest BCUT2D eigenvalue weighted by Gasteiger charge is 2.18. The Kier molecular flexibility index (Phi) is 11.4. The minimum absolute atomic E-state index is 0. The Morgan fingerprint density at radius 1 is 1.28 bits per heavy atom. The highest BCUT2D eigenvalue weighted by Crippen LogP contribution is 2.18. The van der Waals surface area contributed by atoms with Gasteiger partial charge in [-0.05, 0) is 44.9 Å². The fourth-order valence-electron chi connectivity index (χ4n) is 3.37. The van der Waals surface area contributed by atoms with Crippen molar-refractivity contribution in [1.82, 2.24) is 15.1 Å². The van der Waals surface area contributed by atoms with Gasteiger partial charge in [0, 0.05) is 52.9 Å². The van der Waals surface area contributed by atoms with Crippen LogP contribution in [0.5, 0.6) is 0 Å². The summed E-state index contributed by atoms with van der Waals surface area (Å²) in [7, 11) is 2.09. The van der Waals surface area contributed by atoms with Gasteiger partial charge in [-0.2, -0.15) is 0 Å². The van der Waals surface area contributed by atoms with E-state index in [0.29, 0.717) is 13.0 Å². The van der Waals surface area contributed by atoms with Gasteiger partial charge in [-0.3, -0.25) is 9.79 Å². The number of carbonyl (C=O) groups excluding carboxylic acids is 1. The predicted octanol–water partition coefficient (Wildman–Crippen LogP) is 2.33. The van der Waals surface area contributed by atoms with Gasteiger partial charge < -0.3 is 19.9 Å². The summed E-state index contributed by atoms with van der Waals surface area (Å²) in [6.07, 6.45) is 6.33. The summed E-state index contributed by atoms with van der Waals surface area (Å²) in [4.78, 5) is 20.9. The van der Waals surface area contributed by atoms with Gasteiger partial charge in [0.15, 0.2) is 5.96 Å². The van der Waals surface area contributed by atoms with Gasteiger partial charge in [-0.25, -0.2) is 0 Å². The van der Waals surface area contributed by atoms with Crippen LogP contribution in [-0.2, 0) is 9.53 Å². The molecule has 1 N–H and O–H groups in total. The third kappa shape index (κ3) is 8.11. The lowest BCUT2D eigenvalue weighted by atomic mass is 9.96. The van der Waals surface area contributed by atoms with Crippen LogP contribution in [0.15, 0.2) is 4.99 Å². The Morgan fingerprint density at radius 2 is 1.96 bits per heavy atom. The van der Waals surface area contributed by atoms with Crippen LogP contribution in [0.2, 0.25) is 0 Å². The second-order valence-electron chi connectivity index (χ2n) is 6.84. The third-order valence-electron chi connectivity index (χ3n) is 4.96. The summed E-state index contributed by atoms with van der Waals surface area (Å²) in [6.45, 7) is 8.15. The lowest BCUT2D eigenvalue weighted by Gasteiger charge is -2.27. The molecule has 0 aromatic carbocycles. The van der Waals surface area contributed by atoms with Crippen LogP contribution in [0, 0.1) is 5.92 Å². The topological polar surface area (TPSA) is 57.2 Å². The van der Waals surface area contributed by atoms with E-state index in [9.17, 15) is 4.79 Å². The number of carbonyl (C=O) groups is 1. The normalized spacial score (nSPS) is 18.8. The number of likely N-dealkylation sites (tertiary alicyclic amines) is 1. The molecule has 2 rings (SSSR count). The van der Waals surface area contributed by atoms with Gasteiger partial charge in [0.2, 0.25) is 5.91 Å². The van der Waals surface area contributed by atoms with Crippen molar-refractivity contribution in [3.05, 3.63) is 0 Å². The van der Waals surface area contributed by atoms with E-state index in [1.165, 1.54) is 19.3 Å². The molecule has 2 aliphatic rings. The van der Waals surface area contributed by atoms with E-state index in [1.54, 1.807) is 0 Å². The maximum absolute atomic E-state index is 12.1. The molecule has 0 unspecified atom stereocenters. The minimum Gasteiger partial charge on any atom is -0.381 e. The highest BCUT2D eigenvalue weighted by atomic mass is 127. The van der Waals surface area contributed by atoms with E-state index in [0.717, 1.165) is 64.1 Å². The molecule has 7 heteroatoms. The van der Waals surface area contributed by atoms with Crippen molar-refractivity contribution in [2.24, 2.45) is 10.9 Å². The Hall–Kier alpha value is -0.570. The van der Waals surface area contributed by atoms with E-state index in [2.05, 4.69) is 29.2 Å². The van der Waals surface area contributed by atoms with Gasteiger partial charge in [0.1, 0.15) is 0 Å². The fourth-order valence-corrected chi connectivity index (χ4v) is 3.37. The number of halogens is 1. The summed E-state index contributed by atoms with van der Waals surface area (Å²) in [6, 6.07) is 0. The Bertz CT molecular complexity index is 408. The molecule has 0 aromatic heterocycles. The van der Waals surface area contributed by atoms with Crippen LogP contribution in [0.4, 0.5) is 0 Å². The van der Waals surface area contributed by atoms with Crippen LogP contribution < -0.4 is 5.32 Å². The van der Waals surface area contributed by atoms with E-state index < -0.39 is 0 Å². The zero-order valence-electron chi connectivity index (χ0n) is 15.8. The van der Waals surface area contributed by atoms with E-state index in [1.807, 2.05) is 4.90 Å². The molecule has 0 aromatic rings. The predicted molar refractivity (Wildman–Crippen MR) is 113 cm³/mol. The Balaban J connectivity index is 0.00000312. The summed E-state index contributed by atoms with van der Waals surface area (Å²) in [5.74, 6) is 1.93. The molecule has 2 saturated heterocycles. The lowest BCUT2D eigenvalue weighted by Crippen LogP contribution is -2.40. The molecule has 0 bridgehead atoms. The molecule has 2 aliphatic heterocycles. The second kappa shape index (κ2) is 12.7. The smallest absolute Gasteiger partial charge is 0.224 e. The van der Waals surface area contributed by atoms with E-state index in [-0.39, 0.29) is 29.9 Å². The van der Waals surface area contributed by atoms with Gasteiger partial charge in [-0.1, -0.05) is 0 Å². The Labute approximate surface area is 169 Å². The average Bonchev–Trinajstić information content (AvgIpc) is 3.14. The maximum atomic E-state index is 12.1. The molecule has 2 fully saturated rings. The van der Waals surface area contributed by atoms with Crippen LogP contribution >= 0.6 is 24.0 Å². The van der Waals surface area contributed by atoms with Gasteiger partial charge in [-0.15, -0.1) is 24.0 Å². The zero-order chi connectivity index (χ0) is 17.2. The van der Waals surface area contributed by atoms with Crippen molar-refractivity contribution in [2.75, 3.05) is 53.0 Å². The van der Waals surface area contributed by atoms with Crippen LogP contribution in [0.25, 0.3) is 0 Å². The van der Waals surface area contributed by atoms with Crippen molar-refractivity contribution < 1.29 is 9.53 Å². The zero-order valence-corrected chi connectivity index (χ0v) is 18.2. The van der Waals surface area contributed by atoms with Crippen molar-refractivity contribution in [1.29, 1.82) is 0 Å². The standard InChI is InChI=1S/C18H34N4O2.HI/c1-3-19-18(20-10-6-17(23)22-11-4-5-12-22)21(2)13-7-16-8-14-24-15-9-16;/h16H,3-15H2,1-2H3,(H,19,20);1H. The molecule has 0 radical (unpaired) electrons. The van der Waals surface area contributed by atoms with E-state index >= 15 is 0 Å². The fraction of sp³-hybridized carbons (Fsp3) is 0.889. The SMILES string of the molecule is CCNC(=NCCC(=O)N1CCCC1)N(C)CCC1CCOCC1.I. The van der Waals surface area contributed by atoms with E-state index in [4.69, 9.17) is 4.74 Å². The number of amides is 1. The number of nitrogens with zero attached hydrogens (tertiary/aromatic N) is 3. The molecular formula is C18H35IN4O2. The number of hydrogen-bond acceptors (Lipinski definition) is 3. The van der Waals surface area contributed by atoms with Gasteiger partial charge >= 0.3 is 0 Å². The molecule has 0 atom stereocenters. The molecule has 6 nitrogen and oxygen atoms in total. The number of aliphatic imine (C=N–C) groups is 1. The summed E-state index contributed by atoms with van der Waals surface area (Å²) in [5.41, 5.74) is 0. The maximum Gasteiger partial charge on any atom is 0.224 e. The third-order valence-corrected chi connectivity index (χ3v) is 4.96. The highest BCUT2D eigenvalue weighted by molar-refractivity contribution is 14.0. The first-order valence-electron chi connectivity index (χ1n) is 9.55. The quantitative estimate of drug-likeness (QED) is 0.356. The van der Waals surface area contributed by atoms with Crippen molar-refractivity contribution in [3.63, 3.8) is 0 Å². The monoisotopic (exact) mass is 466 g/mol. The second-order valence-corrected chi connectivity index (χ2v) is 6.84. The minimum atomic E-state index is 0. The molecule has 146 valence electrons. The van der Waals surface area contributed by atoms with Crippen LogP contribution in [-0.4, -0.2) is 74.7 Å². The molecule has 25 heavy (non-hydrogen) atoms. The number of hydrogen-bond donors (Lipinski definition) is 1. The first kappa shape index (κ1) is 22.5. The molecule has 2 heterocycles. The van der Waals surface area contributed by atoms with Crippen molar-refractivity contribution in [2.45, 2.75) is 45.4 Å². The van der Waals surface area contributed by atoms with Gasteiger partial charge in [0.25, 0.3) is 0 Å². The van der Waals surface area contributed by atoms with Crippen molar-refractivity contribution >= 4 is 35.8 Å². The average molecular weight is 466 g/mol. The molecule has 0 aliphatic carbocycles. The largest absolute Gasteiger partial charge is 0.381 e. The number of guanidine groups is 1.